The van der Waals surface area contributed by atoms with Crippen molar-refractivity contribution in [1.29, 1.82) is 0 Å². The van der Waals surface area contributed by atoms with E-state index in [0.717, 1.165) is 6.42 Å². The normalized spacial score (nSPS) is 20.4. The third-order valence-corrected chi connectivity index (χ3v) is 2.30. The maximum Gasteiger partial charge on any atom is 0.303 e. The van der Waals surface area contributed by atoms with Crippen molar-refractivity contribution in [2.45, 2.75) is 38.4 Å². The monoisotopic (exact) mass is 188 g/mol. The largest absolute Gasteiger partial charge is 0.481 e. The van der Waals surface area contributed by atoms with Crippen LogP contribution in [0.15, 0.2) is 0 Å². The summed E-state index contributed by atoms with van der Waals surface area (Å²) in [6, 6.07) is 0. The maximum absolute atomic E-state index is 10.3. The van der Waals surface area contributed by atoms with Crippen LogP contribution in [0, 0.1) is 0 Å². The van der Waals surface area contributed by atoms with Crippen LogP contribution >= 0.6 is 0 Å². The number of ether oxygens (including phenoxy) is 2. The molecular formula is C9H16O4. The first-order valence-electron chi connectivity index (χ1n) is 4.68. The smallest absolute Gasteiger partial charge is 0.303 e. The van der Waals surface area contributed by atoms with Gasteiger partial charge in [0.1, 0.15) is 0 Å². The van der Waals surface area contributed by atoms with Crippen molar-refractivity contribution in [1.82, 2.24) is 0 Å². The van der Waals surface area contributed by atoms with Crippen LogP contribution in [0.5, 0.6) is 0 Å². The van der Waals surface area contributed by atoms with Crippen LogP contribution in [0.1, 0.15) is 32.6 Å². The van der Waals surface area contributed by atoms with Crippen molar-refractivity contribution >= 4 is 5.97 Å². The average molecular weight is 188 g/mol. The maximum atomic E-state index is 10.3. The van der Waals surface area contributed by atoms with Crippen molar-refractivity contribution in [3.05, 3.63) is 0 Å². The van der Waals surface area contributed by atoms with Gasteiger partial charge in [-0.05, 0) is 12.8 Å². The van der Waals surface area contributed by atoms with Gasteiger partial charge in [-0.3, -0.25) is 4.79 Å². The molecule has 4 heteroatoms. The summed E-state index contributed by atoms with van der Waals surface area (Å²) in [5, 5.41) is 8.46. The number of carbonyl (C=O) groups is 1. The Bertz CT molecular complexity index is 172. The molecule has 1 heterocycles. The Balaban J connectivity index is 2.27. The van der Waals surface area contributed by atoms with Crippen LogP contribution in [-0.2, 0) is 14.3 Å². The molecule has 1 fully saturated rings. The van der Waals surface area contributed by atoms with Crippen LogP contribution in [0.3, 0.4) is 0 Å². The molecule has 0 saturated carbocycles. The van der Waals surface area contributed by atoms with Gasteiger partial charge in [-0.25, -0.2) is 0 Å². The lowest BCUT2D eigenvalue weighted by atomic mass is 10.1. The van der Waals surface area contributed by atoms with Crippen LogP contribution in [-0.4, -0.2) is 30.1 Å². The second-order valence-corrected chi connectivity index (χ2v) is 3.21. The summed E-state index contributed by atoms with van der Waals surface area (Å²) < 4.78 is 10.9. The molecule has 1 N–H and O–H groups in total. The topological polar surface area (TPSA) is 55.8 Å². The fraction of sp³-hybridized carbons (Fsp3) is 0.889. The lowest BCUT2D eigenvalue weighted by molar-refractivity contribution is -0.165. The molecule has 0 aromatic rings. The van der Waals surface area contributed by atoms with E-state index in [4.69, 9.17) is 14.6 Å². The van der Waals surface area contributed by atoms with E-state index in [1.165, 1.54) is 0 Å². The molecule has 1 aliphatic heterocycles. The zero-order valence-corrected chi connectivity index (χ0v) is 7.91. The standard InChI is InChI=1S/C9H16O4/c1-2-9(12-6-7-13-9)5-3-4-8(10)11/h2-7H2,1H3,(H,10,11). The fourth-order valence-electron chi connectivity index (χ4n) is 1.53. The lowest BCUT2D eigenvalue weighted by Crippen LogP contribution is -2.29. The lowest BCUT2D eigenvalue weighted by Gasteiger charge is -2.25. The molecule has 76 valence electrons. The van der Waals surface area contributed by atoms with Crippen LogP contribution < -0.4 is 0 Å². The molecule has 0 aromatic carbocycles. The van der Waals surface area contributed by atoms with Crippen molar-refractivity contribution in [2.24, 2.45) is 0 Å². The van der Waals surface area contributed by atoms with E-state index < -0.39 is 11.8 Å². The van der Waals surface area contributed by atoms with E-state index in [1.54, 1.807) is 0 Å². The predicted octanol–water partition coefficient (Wildman–Crippen LogP) is 1.39. The minimum absolute atomic E-state index is 0.189. The molecule has 0 radical (unpaired) electrons. The molecule has 0 atom stereocenters. The van der Waals surface area contributed by atoms with E-state index in [0.29, 0.717) is 26.1 Å². The van der Waals surface area contributed by atoms with Gasteiger partial charge in [0, 0.05) is 12.8 Å². The predicted molar refractivity (Wildman–Crippen MR) is 46.4 cm³/mol. The molecule has 4 nitrogen and oxygen atoms in total. The summed E-state index contributed by atoms with van der Waals surface area (Å²) in [4.78, 5) is 10.3. The summed E-state index contributed by atoms with van der Waals surface area (Å²) >= 11 is 0. The van der Waals surface area contributed by atoms with Crippen molar-refractivity contribution in [3.63, 3.8) is 0 Å². The van der Waals surface area contributed by atoms with Gasteiger partial charge in [0.2, 0.25) is 0 Å². The third-order valence-electron chi connectivity index (χ3n) is 2.30. The highest BCUT2D eigenvalue weighted by molar-refractivity contribution is 5.66. The Labute approximate surface area is 77.8 Å². The molecule has 1 saturated heterocycles. The van der Waals surface area contributed by atoms with Gasteiger partial charge in [0.25, 0.3) is 0 Å². The highest BCUT2D eigenvalue weighted by atomic mass is 16.7. The van der Waals surface area contributed by atoms with Gasteiger partial charge >= 0.3 is 5.97 Å². The van der Waals surface area contributed by atoms with E-state index in [9.17, 15) is 4.79 Å². The number of hydrogen-bond acceptors (Lipinski definition) is 3. The molecule has 0 bridgehead atoms. The second kappa shape index (κ2) is 4.58. The second-order valence-electron chi connectivity index (χ2n) is 3.21. The first-order chi connectivity index (χ1) is 6.18. The van der Waals surface area contributed by atoms with Gasteiger partial charge in [0.15, 0.2) is 5.79 Å². The minimum atomic E-state index is -0.760. The first-order valence-corrected chi connectivity index (χ1v) is 4.68. The molecule has 0 unspecified atom stereocenters. The molecule has 0 spiro atoms. The molecule has 13 heavy (non-hydrogen) atoms. The molecule has 0 aliphatic carbocycles. The van der Waals surface area contributed by atoms with Gasteiger partial charge in [-0.15, -0.1) is 0 Å². The van der Waals surface area contributed by atoms with E-state index in [1.807, 2.05) is 6.92 Å². The summed E-state index contributed by atoms with van der Waals surface area (Å²) in [7, 11) is 0. The molecule has 0 aromatic heterocycles. The van der Waals surface area contributed by atoms with Crippen molar-refractivity contribution < 1.29 is 19.4 Å². The van der Waals surface area contributed by atoms with Crippen LogP contribution in [0.25, 0.3) is 0 Å². The Hall–Kier alpha value is -0.610. The Morgan fingerprint density at radius 2 is 2.08 bits per heavy atom. The summed E-state index contributed by atoms with van der Waals surface area (Å²) in [5.74, 6) is -1.25. The third kappa shape index (κ3) is 2.97. The first kappa shape index (κ1) is 10.5. The number of aliphatic carboxylic acids is 1. The number of carboxylic acids is 1. The van der Waals surface area contributed by atoms with Gasteiger partial charge in [-0.2, -0.15) is 0 Å². The Morgan fingerprint density at radius 1 is 1.46 bits per heavy atom. The quantitative estimate of drug-likeness (QED) is 0.708. The van der Waals surface area contributed by atoms with Gasteiger partial charge < -0.3 is 14.6 Å². The minimum Gasteiger partial charge on any atom is -0.481 e. The highest BCUT2D eigenvalue weighted by Gasteiger charge is 2.33. The summed E-state index contributed by atoms with van der Waals surface area (Å²) in [6.45, 7) is 3.24. The number of rotatable bonds is 5. The number of hydrogen-bond donors (Lipinski definition) is 1. The average Bonchev–Trinajstić information content (AvgIpc) is 2.53. The number of carboxylic acid groups (broad SMARTS) is 1. The van der Waals surface area contributed by atoms with Crippen molar-refractivity contribution in [3.8, 4) is 0 Å². The van der Waals surface area contributed by atoms with E-state index in [-0.39, 0.29) is 6.42 Å². The van der Waals surface area contributed by atoms with E-state index >= 15 is 0 Å². The summed E-state index contributed by atoms with van der Waals surface area (Å²) in [5.41, 5.74) is 0. The van der Waals surface area contributed by atoms with Crippen molar-refractivity contribution in [2.75, 3.05) is 13.2 Å². The zero-order chi connectivity index (χ0) is 9.73. The Kier molecular flexibility index (Phi) is 3.69. The van der Waals surface area contributed by atoms with E-state index in [2.05, 4.69) is 0 Å². The van der Waals surface area contributed by atoms with Gasteiger partial charge in [-0.1, -0.05) is 6.92 Å². The molecule has 1 rings (SSSR count). The zero-order valence-electron chi connectivity index (χ0n) is 7.91. The molecular weight excluding hydrogens is 172 g/mol. The highest BCUT2D eigenvalue weighted by Crippen LogP contribution is 2.28. The SMILES string of the molecule is CCC1(CCCC(=O)O)OCCO1. The molecule has 1 aliphatic rings. The van der Waals surface area contributed by atoms with Crippen LogP contribution in [0.2, 0.25) is 0 Å². The van der Waals surface area contributed by atoms with Gasteiger partial charge in [0.05, 0.1) is 13.2 Å². The Morgan fingerprint density at radius 3 is 2.54 bits per heavy atom. The molecule has 0 amide bonds. The van der Waals surface area contributed by atoms with Crippen LogP contribution in [0.4, 0.5) is 0 Å². The fourth-order valence-corrected chi connectivity index (χ4v) is 1.53. The summed E-state index contributed by atoms with van der Waals surface area (Å²) in [6.07, 6.45) is 2.26.